The molecule has 1 aromatic rings. The quantitative estimate of drug-likeness (QED) is 0.281. The molecule has 3 rings (SSSR count). The Morgan fingerprint density at radius 3 is 2.68 bits per heavy atom. The summed E-state index contributed by atoms with van der Waals surface area (Å²) in [5.41, 5.74) is 6.85. The number of allylic oxidation sites excluding steroid dienone is 2. The van der Waals surface area contributed by atoms with Crippen LogP contribution in [-0.2, 0) is 14.4 Å². The van der Waals surface area contributed by atoms with E-state index in [2.05, 4.69) is 5.32 Å². The molecule has 28 heavy (non-hydrogen) atoms. The van der Waals surface area contributed by atoms with Gasteiger partial charge in [-0.2, -0.15) is 0 Å². The number of hydrogen-bond donors (Lipinski definition) is 2. The molecule has 2 heterocycles. The molecule has 142 valence electrons. The maximum absolute atomic E-state index is 12.5. The number of thioether (sulfide) groups is 1. The van der Waals surface area contributed by atoms with Crippen molar-refractivity contribution < 1.29 is 49.0 Å². The van der Waals surface area contributed by atoms with Crippen molar-refractivity contribution in [3.8, 4) is 0 Å². The van der Waals surface area contributed by atoms with Gasteiger partial charge in [0.25, 0.3) is 5.91 Å². The van der Waals surface area contributed by atoms with Crippen LogP contribution in [0.15, 0.2) is 53.8 Å². The van der Waals surface area contributed by atoms with Crippen LogP contribution in [0, 0.1) is 0 Å². The van der Waals surface area contributed by atoms with Crippen LogP contribution in [0.2, 0.25) is 0 Å². The summed E-state index contributed by atoms with van der Waals surface area (Å²) >= 11 is 6.96. The summed E-state index contributed by atoms with van der Waals surface area (Å²) < 4.78 is 0. The van der Waals surface area contributed by atoms with Crippen LogP contribution in [0.1, 0.15) is 11.6 Å². The third-order valence-electron chi connectivity index (χ3n) is 4.34. The van der Waals surface area contributed by atoms with E-state index in [0.717, 1.165) is 4.90 Å². The molecule has 0 aromatic heterocycles. The molecule has 0 spiro atoms. The number of benzene rings is 1. The molecule has 3 N–H and O–H groups in total. The molecule has 2 aliphatic heterocycles. The van der Waals surface area contributed by atoms with E-state index in [-0.39, 0.29) is 41.1 Å². The summed E-state index contributed by atoms with van der Waals surface area (Å²) in [6, 6.07) is 7.04. The molecule has 1 aromatic carbocycles. The van der Waals surface area contributed by atoms with Crippen LogP contribution in [-0.4, -0.2) is 45.7 Å². The van der Waals surface area contributed by atoms with Crippen LogP contribution in [0.25, 0.3) is 0 Å². The molecule has 2 aliphatic rings. The second-order valence-electron chi connectivity index (χ2n) is 6.00. The monoisotopic (exact) mass is 429 g/mol. The van der Waals surface area contributed by atoms with Gasteiger partial charge in [0, 0.05) is 11.6 Å². The number of carbonyl (C=O) groups excluding carboxylic acids is 3. The van der Waals surface area contributed by atoms with Gasteiger partial charge in [-0.1, -0.05) is 42.5 Å². The first-order chi connectivity index (χ1) is 13.0. The first-order valence-electron chi connectivity index (χ1n) is 8.18. The zero-order chi connectivity index (χ0) is 19.6. The van der Waals surface area contributed by atoms with Crippen LogP contribution in [0.4, 0.5) is 0 Å². The van der Waals surface area contributed by atoms with Crippen LogP contribution < -0.4 is 45.7 Å². The van der Waals surface area contributed by atoms with E-state index >= 15 is 0 Å². The Morgan fingerprint density at radius 1 is 1.39 bits per heavy atom. The van der Waals surface area contributed by atoms with Crippen molar-refractivity contribution in [1.82, 2.24) is 10.2 Å². The molecule has 1 fully saturated rings. The number of carboxylic acids is 1. The van der Waals surface area contributed by atoms with Crippen molar-refractivity contribution in [2.24, 2.45) is 5.73 Å². The summed E-state index contributed by atoms with van der Waals surface area (Å²) in [4.78, 5) is 37.6. The predicted octanol–water partition coefficient (Wildman–Crippen LogP) is -3.11. The fourth-order valence-corrected chi connectivity index (χ4v) is 4.41. The van der Waals surface area contributed by atoms with E-state index in [4.69, 9.17) is 17.3 Å². The SMILES string of the molecule is NC(C(=O)N[C@@H]1C(=O)N2C(C(=O)[O-])=C(/C=C\CCl)CS[C@H]12)c1ccccc1.[Na+]. The van der Waals surface area contributed by atoms with Crippen LogP contribution >= 0.6 is 23.4 Å². The Labute approximate surface area is 193 Å². The topological polar surface area (TPSA) is 116 Å². The molecule has 0 aliphatic carbocycles. The van der Waals surface area contributed by atoms with Gasteiger partial charge in [-0.3, -0.25) is 14.5 Å². The van der Waals surface area contributed by atoms with Crippen LogP contribution in [0.3, 0.4) is 0 Å². The van der Waals surface area contributed by atoms with Gasteiger partial charge in [0.05, 0.1) is 11.7 Å². The number of rotatable bonds is 6. The Balaban J connectivity index is 0.00000280. The summed E-state index contributed by atoms with van der Waals surface area (Å²) in [6.45, 7) is 0. The molecule has 3 atom stereocenters. The smallest absolute Gasteiger partial charge is 0.543 e. The number of halogens is 1. The second kappa shape index (κ2) is 9.96. The van der Waals surface area contributed by atoms with Gasteiger partial charge in [-0.15, -0.1) is 23.4 Å². The first-order valence-corrected chi connectivity index (χ1v) is 9.76. The molecule has 7 nitrogen and oxygen atoms in total. The number of nitrogens with one attached hydrogen (secondary N) is 1. The number of carbonyl (C=O) groups is 3. The van der Waals surface area contributed by atoms with E-state index in [1.54, 1.807) is 36.4 Å². The Kier molecular flexibility index (Phi) is 8.18. The van der Waals surface area contributed by atoms with Crippen molar-refractivity contribution >= 4 is 41.1 Å². The third kappa shape index (κ3) is 4.48. The molecule has 2 amide bonds. The van der Waals surface area contributed by atoms with Gasteiger partial charge in [-0.05, 0) is 11.1 Å². The van der Waals surface area contributed by atoms with Crippen molar-refractivity contribution in [3.63, 3.8) is 0 Å². The third-order valence-corrected chi connectivity index (χ3v) is 5.82. The van der Waals surface area contributed by atoms with E-state index in [1.165, 1.54) is 11.8 Å². The van der Waals surface area contributed by atoms with Crippen LogP contribution in [0.5, 0.6) is 0 Å². The second-order valence-corrected chi connectivity index (χ2v) is 7.42. The number of carboxylic acid groups (broad SMARTS) is 1. The number of nitrogens with two attached hydrogens (primary N) is 1. The van der Waals surface area contributed by atoms with Gasteiger partial charge >= 0.3 is 29.6 Å². The molecule has 0 radical (unpaired) electrons. The zero-order valence-electron chi connectivity index (χ0n) is 15.1. The predicted molar refractivity (Wildman–Crippen MR) is 100 cm³/mol. The average Bonchev–Trinajstić information content (AvgIpc) is 2.69. The van der Waals surface area contributed by atoms with Crippen molar-refractivity contribution in [2.45, 2.75) is 17.5 Å². The summed E-state index contributed by atoms with van der Waals surface area (Å²) in [7, 11) is 0. The standard InChI is InChI=1S/C18H18ClN3O4S.Na/c19-8-4-7-11-9-27-17-13(16(24)22(17)14(11)18(25)26)21-15(23)12(20)10-5-2-1-3-6-10;/h1-7,12-13,17H,8-9,20H2,(H,21,23)(H,25,26);/q;+1/p-1/b7-4-;/t12?,13-,17-;/m1./s1. The van der Waals surface area contributed by atoms with Gasteiger partial charge in [0.2, 0.25) is 5.91 Å². The largest absolute Gasteiger partial charge is 1.00 e. The molecular formula is C18H17ClN3NaO4S. The molecule has 1 unspecified atom stereocenters. The number of hydrogen-bond acceptors (Lipinski definition) is 6. The maximum atomic E-state index is 12.5. The van der Waals surface area contributed by atoms with E-state index < -0.39 is 35.2 Å². The number of nitrogens with zero attached hydrogens (tertiary/aromatic N) is 1. The average molecular weight is 430 g/mol. The van der Waals surface area contributed by atoms with Crippen molar-refractivity contribution in [1.29, 1.82) is 0 Å². The molecular weight excluding hydrogens is 413 g/mol. The minimum absolute atomic E-state index is 0. The fraction of sp³-hybridized carbons (Fsp3) is 0.278. The normalized spacial score (nSPS) is 22.2. The summed E-state index contributed by atoms with van der Waals surface area (Å²) in [5, 5.41) is 13.7. The zero-order valence-corrected chi connectivity index (χ0v) is 18.7. The summed E-state index contributed by atoms with van der Waals surface area (Å²) in [5.74, 6) is -1.85. The Hall–Kier alpha value is -1.29. The molecule has 1 saturated heterocycles. The fourth-order valence-electron chi connectivity index (χ4n) is 3.00. The van der Waals surface area contributed by atoms with Gasteiger partial charge in [0.1, 0.15) is 17.5 Å². The van der Waals surface area contributed by atoms with Gasteiger partial charge in [-0.25, -0.2) is 0 Å². The Bertz CT molecular complexity index is 833. The first kappa shape index (κ1) is 23.0. The summed E-state index contributed by atoms with van der Waals surface area (Å²) in [6.07, 6.45) is 3.18. The maximum Gasteiger partial charge on any atom is 1.00 e. The minimum atomic E-state index is -1.44. The molecule has 10 heteroatoms. The number of fused-ring (bicyclic) bond motifs is 1. The molecule has 0 bridgehead atoms. The molecule has 0 saturated carbocycles. The van der Waals surface area contributed by atoms with E-state index in [0.29, 0.717) is 16.9 Å². The van der Waals surface area contributed by atoms with E-state index in [1.807, 2.05) is 6.07 Å². The number of alkyl halides is 1. The van der Waals surface area contributed by atoms with Gasteiger partial charge in [0.15, 0.2) is 0 Å². The minimum Gasteiger partial charge on any atom is -0.543 e. The number of aliphatic carboxylic acids is 1. The van der Waals surface area contributed by atoms with E-state index in [9.17, 15) is 19.5 Å². The van der Waals surface area contributed by atoms with Gasteiger partial charge < -0.3 is 21.0 Å². The van der Waals surface area contributed by atoms with Crippen molar-refractivity contribution in [3.05, 3.63) is 59.3 Å². The Morgan fingerprint density at radius 2 is 2.07 bits per heavy atom. The van der Waals surface area contributed by atoms with Crippen molar-refractivity contribution in [2.75, 3.05) is 11.6 Å². The number of amides is 2. The number of β-lactam (4-membered cyclic amide) rings is 1.